The van der Waals surface area contributed by atoms with Crippen molar-refractivity contribution in [2.24, 2.45) is 11.3 Å². The zero-order valence-corrected chi connectivity index (χ0v) is 11.4. The molecule has 0 N–H and O–H groups in total. The quantitative estimate of drug-likeness (QED) is 0.720. The molecule has 94 valence electrons. The van der Waals surface area contributed by atoms with Crippen LogP contribution in [0.4, 0.5) is 0 Å². The van der Waals surface area contributed by atoms with Crippen molar-refractivity contribution < 1.29 is 4.79 Å². The van der Waals surface area contributed by atoms with Crippen LogP contribution >= 0.6 is 0 Å². The molecule has 1 saturated heterocycles. The third-order valence-corrected chi connectivity index (χ3v) is 3.74. The highest BCUT2D eigenvalue weighted by Crippen LogP contribution is 2.33. The number of hydrogen-bond donors (Lipinski definition) is 0. The summed E-state index contributed by atoms with van der Waals surface area (Å²) < 4.78 is 0. The van der Waals surface area contributed by atoms with E-state index < -0.39 is 0 Å². The first-order valence-corrected chi connectivity index (χ1v) is 6.73. The SMILES string of the molecule is CCCCC(=O)N1CCCC(C(C)(C)C)C1. The molecule has 1 rings (SSSR count). The van der Waals surface area contributed by atoms with Crippen LogP contribution in [0.2, 0.25) is 0 Å². The van der Waals surface area contributed by atoms with Crippen molar-refractivity contribution in [3.05, 3.63) is 0 Å². The van der Waals surface area contributed by atoms with Gasteiger partial charge in [0, 0.05) is 19.5 Å². The van der Waals surface area contributed by atoms with Gasteiger partial charge in [-0.25, -0.2) is 0 Å². The number of hydrogen-bond acceptors (Lipinski definition) is 1. The minimum Gasteiger partial charge on any atom is -0.342 e. The second kappa shape index (κ2) is 5.70. The zero-order chi connectivity index (χ0) is 12.2. The van der Waals surface area contributed by atoms with E-state index in [1.807, 2.05) is 0 Å². The van der Waals surface area contributed by atoms with Gasteiger partial charge in [0.25, 0.3) is 0 Å². The zero-order valence-electron chi connectivity index (χ0n) is 11.4. The first-order valence-electron chi connectivity index (χ1n) is 6.73. The monoisotopic (exact) mass is 225 g/mol. The molecule has 0 aromatic heterocycles. The van der Waals surface area contributed by atoms with Crippen LogP contribution in [0.25, 0.3) is 0 Å². The van der Waals surface area contributed by atoms with Gasteiger partial charge < -0.3 is 4.90 Å². The molecule has 0 aliphatic carbocycles. The fraction of sp³-hybridized carbons (Fsp3) is 0.929. The van der Waals surface area contributed by atoms with Crippen LogP contribution < -0.4 is 0 Å². The van der Waals surface area contributed by atoms with Crippen LogP contribution in [-0.4, -0.2) is 23.9 Å². The van der Waals surface area contributed by atoms with E-state index >= 15 is 0 Å². The smallest absolute Gasteiger partial charge is 0.222 e. The van der Waals surface area contributed by atoms with Crippen LogP contribution in [0.3, 0.4) is 0 Å². The fourth-order valence-electron chi connectivity index (χ4n) is 2.40. The Labute approximate surface area is 100 Å². The Morgan fingerprint density at radius 3 is 2.62 bits per heavy atom. The third kappa shape index (κ3) is 3.80. The highest BCUT2D eigenvalue weighted by molar-refractivity contribution is 5.76. The lowest BCUT2D eigenvalue weighted by atomic mass is 9.76. The van der Waals surface area contributed by atoms with Crippen molar-refractivity contribution in [2.45, 2.75) is 59.8 Å². The molecule has 16 heavy (non-hydrogen) atoms. The normalized spacial score (nSPS) is 22.2. The van der Waals surface area contributed by atoms with Crippen LogP contribution in [0.1, 0.15) is 59.8 Å². The van der Waals surface area contributed by atoms with Gasteiger partial charge in [0.05, 0.1) is 0 Å². The van der Waals surface area contributed by atoms with E-state index in [-0.39, 0.29) is 0 Å². The van der Waals surface area contributed by atoms with Crippen molar-refractivity contribution in [1.29, 1.82) is 0 Å². The second-order valence-electron chi connectivity index (χ2n) is 6.15. The Kier molecular flexibility index (Phi) is 4.82. The number of carbonyl (C=O) groups is 1. The molecule has 0 bridgehead atoms. The van der Waals surface area contributed by atoms with Crippen LogP contribution in [0, 0.1) is 11.3 Å². The molecule has 2 heteroatoms. The lowest BCUT2D eigenvalue weighted by Crippen LogP contribution is -2.43. The van der Waals surface area contributed by atoms with Gasteiger partial charge in [-0.05, 0) is 30.6 Å². The summed E-state index contributed by atoms with van der Waals surface area (Å²) in [6.07, 6.45) is 5.35. The molecule has 0 saturated carbocycles. The lowest BCUT2D eigenvalue weighted by Gasteiger charge is -2.39. The molecule has 1 aliphatic heterocycles. The van der Waals surface area contributed by atoms with E-state index in [0.717, 1.165) is 32.4 Å². The first kappa shape index (κ1) is 13.5. The number of likely N-dealkylation sites (tertiary alicyclic amines) is 1. The van der Waals surface area contributed by atoms with Crippen molar-refractivity contribution >= 4 is 5.91 Å². The summed E-state index contributed by atoms with van der Waals surface area (Å²) in [6.45, 7) is 11.0. The Balaban J connectivity index is 2.47. The molecule has 2 nitrogen and oxygen atoms in total. The average Bonchev–Trinajstić information content (AvgIpc) is 2.25. The standard InChI is InChI=1S/C14H27NO/c1-5-6-9-13(16)15-10-7-8-12(11-15)14(2,3)4/h12H,5-11H2,1-4H3. The lowest BCUT2D eigenvalue weighted by molar-refractivity contribution is -0.133. The van der Waals surface area contributed by atoms with Gasteiger partial charge in [-0.2, -0.15) is 0 Å². The maximum atomic E-state index is 12.0. The summed E-state index contributed by atoms with van der Waals surface area (Å²) in [5, 5.41) is 0. The van der Waals surface area contributed by atoms with Gasteiger partial charge >= 0.3 is 0 Å². The Morgan fingerprint density at radius 2 is 2.06 bits per heavy atom. The summed E-state index contributed by atoms with van der Waals surface area (Å²) in [6, 6.07) is 0. The molecule has 0 aromatic carbocycles. The first-order chi connectivity index (χ1) is 7.45. The van der Waals surface area contributed by atoms with E-state index in [2.05, 4.69) is 32.6 Å². The van der Waals surface area contributed by atoms with E-state index in [0.29, 0.717) is 17.2 Å². The van der Waals surface area contributed by atoms with Crippen LogP contribution in [-0.2, 0) is 4.79 Å². The molecule has 1 atom stereocenters. The maximum absolute atomic E-state index is 12.0. The molecule has 0 spiro atoms. The number of carbonyl (C=O) groups excluding carboxylic acids is 1. The molecule has 0 radical (unpaired) electrons. The fourth-order valence-corrected chi connectivity index (χ4v) is 2.40. The minimum atomic E-state index is 0.337. The van der Waals surface area contributed by atoms with Crippen LogP contribution in [0.15, 0.2) is 0 Å². The predicted molar refractivity (Wildman–Crippen MR) is 68.3 cm³/mol. The van der Waals surface area contributed by atoms with E-state index in [1.54, 1.807) is 0 Å². The minimum absolute atomic E-state index is 0.337. The highest BCUT2D eigenvalue weighted by atomic mass is 16.2. The van der Waals surface area contributed by atoms with Gasteiger partial charge in [0.15, 0.2) is 0 Å². The van der Waals surface area contributed by atoms with Crippen molar-refractivity contribution in [1.82, 2.24) is 4.90 Å². The molecular weight excluding hydrogens is 198 g/mol. The highest BCUT2D eigenvalue weighted by Gasteiger charge is 2.30. The molecular formula is C14H27NO. The summed E-state index contributed by atoms with van der Waals surface area (Å²) >= 11 is 0. The largest absolute Gasteiger partial charge is 0.342 e. The van der Waals surface area contributed by atoms with Crippen molar-refractivity contribution in [3.63, 3.8) is 0 Å². The molecule has 0 aromatic rings. The Morgan fingerprint density at radius 1 is 1.38 bits per heavy atom. The van der Waals surface area contributed by atoms with Crippen LogP contribution in [0.5, 0.6) is 0 Å². The molecule has 1 fully saturated rings. The van der Waals surface area contributed by atoms with E-state index in [9.17, 15) is 4.79 Å². The number of amides is 1. The van der Waals surface area contributed by atoms with Gasteiger partial charge in [0.1, 0.15) is 0 Å². The van der Waals surface area contributed by atoms with E-state index in [4.69, 9.17) is 0 Å². The Hall–Kier alpha value is -0.530. The predicted octanol–water partition coefficient (Wildman–Crippen LogP) is 3.46. The summed E-state index contributed by atoms with van der Waals surface area (Å²) in [7, 11) is 0. The summed E-state index contributed by atoms with van der Waals surface area (Å²) in [5.41, 5.74) is 0.337. The van der Waals surface area contributed by atoms with Gasteiger partial charge in [0.2, 0.25) is 5.91 Å². The summed E-state index contributed by atoms with van der Waals surface area (Å²) in [4.78, 5) is 14.0. The van der Waals surface area contributed by atoms with Crippen molar-refractivity contribution in [2.75, 3.05) is 13.1 Å². The number of nitrogens with zero attached hydrogens (tertiary/aromatic N) is 1. The second-order valence-corrected chi connectivity index (χ2v) is 6.15. The van der Waals surface area contributed by atoms with Crippen molar-refractivity contribution in [3.8, 4) is 0 Å². The summed E-state index contributed by atoms with van der Waals surface area (Å²) in [5.74, 6) is 1.04. The third-order valence-electron chi connectivity index (χ3n) is 3.74. The van der Waals surface area contributed by atoms with Gasteiger partial charge in [-0.1, -0.05) is 34.1 Å². The van der Waals surface area contributed by atoms with Gasteiger partial charge in [-0.3, -0.25) is 4.79 Å². The molecule has 1 amide bonds. The topological polar surface area (TPSA) is 20.3 Å². The Bertz CT molecular complexity index is 229. The average molecular weight is 225 g/mol. The number of rotatable bonds is 3. The number of unbranched alkanes of at least 4 members (excludes halogenated alkanes) is 1. The number of piperidine rings is 1. The molecule has 1 heterocycles. The maximum Gasteiger partial charge on any atom is 0.222 e. The molecule has 1 unspecified atom stereocenters. The molecule has 1 aliphatic rings. The van der Waals surface area contributed by atoms with Gasteiger partial charge in [-0.15, -0.1) is 0 Å². The van der Waals surface area contributed by atoms with E-state index in [1.165, 1.54) is 12.8 Å².